The number of methoxy groups -OCH3 is 1. The van der Waals surface area contributed by atoms with Crippen molar-refractivity contribution in [1.82, 2.24) is 10.2 Å². The summed E-state index contributed by atoms with van der Waals surface area (Å²) in [5, 5.41) is 2.76. The number of likely N-dealkylation sites (tertiary alicyclic amines) is 1. The van der Waals surface area contributed by atoms with E-state index in [0.717, 1.165) is 24.3 Å². The van der Waals surface area contributed by atoms with Crippen LogP contribution in [0.25, 0.3) is 0 Å². The highest BCUT2D eigenvalue weighted by molar-refractivity contribution is 5.79. The zero-order chi connectivity index (χ0) is 21.1. The molecule has 4 aliphatic carbocycles. The van der Waals surface area contributed by atoms with Gasteiger partial charge in [0.2, 0.25) is 5.91 Å². The second kappa shape index (κ2) is 6.96. The number of hydrogen-bond donors (Lipinski definition) is 1. The van der Waals surface area contributed by atoms with Crippen molar-refractivity contribution in [3.05, 3.63) is 35.6 Å². The van der Waals surface area contributed by atoms with E-state index in [1.807, 2.05) is 17.0 Å². The van der Waals surface area contributed by atoms with Gasteiger partial charge in [-0.25, -0.2) is 9.18 Å². The number of alkyl carbamates (subject to hydrolysis) is 1. The Morgan fingerprint density at radius 3 is 2.33 bits per heavy atom. The molecule has 0 spiro atoms. The molecule has 1 N–H and O–H groups in total. The summed E-state index contributed by atoms with van der Waals surface area (Å²) >= 11 is 0. The Morgan fingerprint density at radius 1 is 1.13 bits per heavy atom. The van der Waals surface area contributed by atoms with E-state index >= 15 is 0 Å². The molecule has 2 atom stereocenters. The third-order valence-corrected chi connectivity index (χ3v) is 8.52. The fourth-order valence-electron chi connectivity index (χ4n) is 7.47. The number of hydrogen-bond acceptors (Lipinski definition) is 3. The first-order valence-corrected chi connectivity index (χ1v) is 11.2. The molecule has 5 aliphatic rings. The molecule has 162 valence electrons. The van der Waals surface area contributed by atoms with E-state index in [0.29, 0.717) is 36.8 Å². The Hall–Kier alpha value is -2.11. The Bertz CT molecular complexity index is 833. The van der Waals surface area contributed by atoms with Gasteiger partial charge in [-0.2, -0.15) is 0 Å². The molecule has 1 heterocycles. The maximum atomic E-state index is 13.7. The summed E-state index contributed by atoms with van der Waals surface area (Å²) in [6.07, 6.45) is 6.05. The van der Waals surface area contributed by atoms with Gasteiger partial charge in [0.15, 0.2) is 0 Å². The van der Waals surface area contributed by atoms with E-state index in [-0.39, 0.29) is 23.2 Å². The number of nitrogens with one attached hydrogen (secondary N) is 1. The summed E-state index contributed by atoms with van der Waals surface area (Å²) < 4.78 is 18.4. The summed E-state index contributed by atoms with van der Waals surface area (Å²) in [5.41, 5.74) is 1.34. The van der Waals surface area contributed by atoms with Crippen LogP contribution < -0.4 is 5.32 Å². The van der Waals surface area contributed by atoms with Crippen LogP contribution in [0.1, 0.15) is 51.0 Å². The molecule has 1 aromatic carbocycles. The van der Waals surface area contributed by atoms with Crippen LogP contribution >= 0.6 is 0 Å². The quantitative estimate of drug-likeness (QED) is 0.814. The Balaban J connectivity index is 1.39. The van der Waals surface area contributed by atoms with Crippen LogP contribution in [0.2, 0.25) is 0 Å². The molecule has 0 radical (unpaired) electrons. The first kappa shape index (κ1) is 19.8. The summed E-state index contributed by atoms with van der Waals surface area (Å²) in [6.45, 7) is 3.49. The third kappa shape index (κ3) is 3.10. The summed E-state index contributed by atoms with van der Waals surface area (Å²) in [5.74, 6) is 1.66. The smallest absolute Gasteiger partial charge is 0.407 e. The number of ether oxygens (including phenoxy) is 1. The van der Waals surface area contributed by atoms with Crippen molar-refractivity contribution < 1.29 is 18.7 Å². The normalized spacial score (nSPS) is 37.0. The van der Waals surface area contributed by atoms with Crippen LogP contribution in [0.3, 0.4) is 0 Å². The fourth-order valence-corrected chi connectivity index (χ4v) is 7.47. The van der Waals surface area contributed by atoms with E-state index in [2.05, 4.69) is 17.0 Å². The number of halogens is 1. The van der Waals surface area contributed by atoms with Crippen molar-refractivity contribution in [3.8, 4) is 0 Å². The minimum Gasteiger partial charge on any atom is -0.453 e. The van der Waals surface area contributed by atoms with Crippen molar-refractivity contribution >= 4 is 12.0 Å². The van der Waals surface area contributed by atoms with Crippen molar-refractivity contribution in [2.75, 3.05) is 20.2 Å². The second-order valence-electron chi connectivity index (χ2n) is 10.5. The van der Waals surface area contributed by atoms with Crippen molar-refractivity contribution in [2.24, 2.45) is 23.2 Å². The lowest BCUT2D eigenvalue weighted by atomic mass is 9.39. The Labute approximate surface area is 177 Å². The van der Waals surface area contributed by atoms with Gasteiger partial charge < -0.3 is 15.0 Å². The fraction of sp³-hybridized carbons (Fsp3) is 0.667. The van der Waals surface area contributed by atoms with Gasteiger partial charge in [-0.15, -0.1) is 0 Å². The molecule has 0 aromatic heterocycles. The molecule has 4 bridgehead atoms. The average Bonchev–Trinajstić information content (AvgIpc) is 2.66. The highest BCUT2D eigenvalue weighted by Crippen LogP contribution is 2.68. The number of carbonyl (C=O) groups is 2. The third-order valence-electron chi connectivity index (χ3n) is 8.52. The number of nitrogens with zero attached hydrogens (tertiary/aromatic N) is 1. The van der Waals surface area contributed by atoms with E-state index in [4.69, 9.17) is 0 Å². The predicted octanol–water partition coefficient (Wildman–Crippen LogP) is 3.87. The van der Waals surface area contributed by atoms with E-state index in [1.54, 1.807) is 12.1 Å². The van der Waals surface area contributed by atoms with Gasteiger partial charge in [0, 0.05) is 24.9 Å². The Kier molecular flexibility index (Phi) is 4.60. The molecule has 1 aliphatic heterocycles. The summed E-state index contributed by atoms with van der Waals surface area (Å²) in [7, 11) is 1.34. The van der Waals surface area contributed by atoms with Gasteiger partial charge in [0.05, 0.1) is 13.2 Å². The molecule has 5 nitrogen and oxygen atoms in total. The number of rotatable bonds is 4. The zero-order valence-corrected chi connectivity index (χ0v) is 17.8. The van der Waals surface area contributed by atoms with Crippen molar-refractivity contribution in [1.29, 1.82) is 0 Å². The minimum absolute atomic E-state index is 0.0411. The van der Waals surface area contributed by atoms with Crippen LogP contribution in [-0.2, 0) is 14.9 Å². The van der Waals surface area contributed by atoms with Crippen LogP contribution in [0.5, 0.6) is 0 Å². The monoisotopic (exact) mass is 414 g/mol. The SMILES string of the molecule is COC(=O)NC1CN(C(=O)CC2(c3ccc(F)cc3)C3CC4CC2CC(C)(C4)C3)C1. The average molecular weight is 415 g/mol. The number of carbonyl (C=O) groups excluding carboxylic acids is 2. The van der Waals surface area contributed by atoms with Crippen LogP contribution in [-0.4, -0.2) is 43.1 Å². The minimum atomic E-state index is -0.454. The molecular weight excluding hydrogens is 383 g/mol. The molecule has 6 heteroatoms. The number of amides is 2. The van der Waals surface area contributed by atoms with Gasteiger partial charge in [0.25, 0.3) is 0 Å². The van der Waals surface area contributed by atoms with Gasteiger partial charge in [-0.05, 0) is 73.0 Å². The summed E-state index contributed by atoms with van der Waals surface area (Å²) in [4.78, 5) is 26.6. The van der Waals surface area contributed by atoms with Crippen LogP contribution in [0.15, 0.2) is 24.3 Å². The first-order chi connectivity index (χ1) is 14.3. The van der Waals surface area contributed by atoms with Gasteiger partial charge in [-0.1, -0.05) is 19.1 Å². The van der Waals surface area contributed by atoms with Crippen LogP contribution in [0, 0.1) is 29.0 Å². The second-order valence-corrected chi connectivity index (χ2v) is 10.5. The standard InChI is InChI=1S/C24H31FN2O3/c1-23-9-15-7-17(10-23)24(18(8-15)11-23,16-3-5-19(25)6-4-16)12-21(28)27-13-20(14-27)26-22(29)30-2/h3-6,15,17-18,20H,7-14H2,1-2H3,(H,26,29). The highest BCUT2D eigenvalue weighted by Gasteiger charge is 2.62. The molecule has 5 fully saturated rings. The molecule has 2 unspecified atom stereocenters. The molecule has 30 heavy (non-hydrogen) atoms. The topological polar surface area (TPSA) is 58.6 Å². The maximum absolute atomic E-state index is 13.7. The van der Waals surface area contributed by atoms with Gasteiger partial charge >= 0.3 is 6.09 Å². The van der Waals surface area contributed by atoms with Crippen molar-refractivity contribution in [2.45, 2.75) is 56.9 Å². The molecular formula is C24H31FN2O3. The maximum Gasteiger partial charge on any atom is 0.407 e. The van der Waals surface area contributed by atoms with E-state index in [1.165, 1.54) is 26.4 Å². The largest absolute Gasteiger partial charge is 0.453 e. The molecule has 1 aromatic rings. The van der Waals surface area contributed by atoms with E-state index in [9.17, 15) is 14.0 Å². The summed E-state index contributed by atoms with van der Waals surface area (Å²) in [6, 6.07) is 6.90. The molecule has 1 saturated heterocycles. The van der Waals surface area contributed by atoms with Crippen LogP contribution in [0.4, 0.5) is 9.18 Å². The Morgan fingerprint density at radius 2 is 1.77 bits per heavy atom. The lowest BCUT2D eigenvalue weighted by molar-refractivity contribution is -0.148. The van der Waals surface area contributed by atoms with Gasteiger partial charge in [-0.3, -0.25) is 4.79 Å². The first-order valence-electron chi connectivity index (χ1n) is 11.2. The van der Waals surface area contributed by atoms with E-state index < -0.39 is 6.09 Å². The molecule has 4 saturated carbocycles. The highest BCUT2D eigenvalue weighted by atomic mass is 19.1. The number of benzene rings is 1. The molecule has 2 amide bonds. The predicted molar refractivity (Wildman–Crippen MR) is 110 cm³/mol. The lowest BCUT2D eigenvalue weighted by Crippen LogP contribution is -2.64. The van der Waals surface area contributed by atoms with Gasteiger partial charge in [0.1, 0.15) is 5.82 Å². The van der Waals surface area contributed by atoms with Crippen molar-refractivity contribution in [3.63, 3.8) is 0 Å². The lowest BCUT2D eigenvalue weighted by Gasteiger charge is -2.65. The molecule has 6 rings (SSSR count). The zero-order valence-electron chi connectivity index (χ0n) is 17.8.